The molecule has 21 heavy (non-hydrogen) atoms. The van der Waals surface area contributed by atoms with Crippen molar-refractivity contribution in [2.45, 2.75) is 6.54 Å². The summed E-state index contributed by atoms with van der Waals surface area (Å²) >= 11 is 0. The first kappa shape index (κ1) is 15.1. The average Bonchev–Trinajstić information content (AvgIpc) is 2.46. The second-order valence-electron chi connectivity index (χ2n) is 4.26. The van der Waals surface area contributed by atoms with Gasteiger partial charge in [-0.2, -0.15) is 0 Å². The average molecular weight is 307 g/mol. The van der Waals surface area contributed by atoms with Gasteiger partial charge in [0.1, 0.15) is 16.3 Å². The van der Waals surface area contributed by atoms with Crippen LogP contribution in [-0.4, -0.2) is 29.7 Å². The molecule has 0 aliphatic carbocycles. The lowest BCUT2D eigenvalue weighted by Gasteiger charge is -2.04. The number of amides is 1. The SMILES string of the molecule is O=C(Nc1ccccc1)c1cc[n+](CCS(=O)(=O)[O-])nc1. The number of hydrogen-bond acceptors (Lipinski definition) is 5. The highest BCUT2D eigenvalue weighted by atomic mass is 32.2. The third kappa shape index (κ3) is 4.93. The van der Waals surface area contributed by atoms with E-state index in [1.165, 1.54) is 23.1 Å². The second kappa shape index (κ2) is 6.42. The van der Waals surface area contributed by atoms with E-state index in [1.54, 1.807) is 24.3 Å². The van der Waals surface area contributed by atoms with E-state index in [1.807, 2.05) is 6.07 Å². The summed E-state index contributed by atoms with van der Waals surface area (Å²) in [5.74, 6) is -0.863. The molecule has 110 valence electrons. The summed E-state index contributed by atoms with van der Waals surface area (Å²) in [4.78, 5) is 11.9. The van der Waals surface area contributed by atoms with E-state index in [0.29, 0.717) is 11.3 Å². The third-order valence-electron chi connectivity index (χ3n) is 2.64. The molecule has 7 nitrogen and oxygen atoms in total. The largest absolute Gasteiger partial charge is 0.748 e. The van der Waals surface area contributed by atoms with Crippen molar-refractivity contribution in [1.82, 2.24) is 5.10 Å². The number of rotatable bonds is 5. The fourth-order valence-electron chi connectivity index (χ4n) is 1.58. The van der Waals surface area contributed by atoms with Crippen LogP contribution in [-0.2, 0) is 16.7 Å². The summed E-state index contributed by atoms with van der Waals surface area (Å²) in [6, 6.07) is 10.5. The molecule has 1 aromatic heterocycles. The minimum absolute atomic E-state index is 0.0492. The van der Waals surface area contributed by atoms with Crippen molar-refractivity contribution in [2.24, 2.45) is 0 Å². The number of nitrogens with one attached hydrogen (secondary N) is 1. The van der Waals surface area contributed by atoms with Crippen LogP contribution in [0.2, 0.25) is 0 Å². The van der Waals surface area contributed by atoms with Gasteiger partial charge in [-0.1, -0.05) is 22.9 Å². The predicted molar refractivity (Wildman–Crippen MR) is 73.4 cm³/mol. The normalized spacial score (nSPS) is 11.1. The van der Waals surface area contributed by atoms with Crippen molar-refractivity contribution in [3.8, 4) is 0 Å². The van der Waals surface area contributed by atoms with Gasteiger partial charge in [0.2, 0.25) is 0 Å². The maximum Gasteiger partial charge on any atom is 0.257 e. The molecule has 0 fully saturated rings. The van der Waals surface area contributed by atoms with Crippen LogP contribution in [0.1, 0.15) is 10.4 Å². The summed E-state index contributed by atoms with van der Waals surface area (Å²) in [7, 11) is -4.28. The zero-order valence-corrected chi connectivity index (χ0v) is 11.8. The Balaban J connectivity index is 2.00. The van der Waals surface area contributed by atoms with Crippen molar-refractivity contribution in [2.75, 3.05) is 11.1 Å². The van der Waals surface area contributed by atoms with E-state index >= 15 is 0 Å². The zero-order chi connectivity index (χ0) is 15.3. The number of nitrogens with zero attached hydrogens (tertiary/aromatic N) is 2. The Kier molecular flexibility index (Phi) is 4.61. The van der Waals surface area contributed by atoms with E-state index in [4.69, 9.17) is 0 Å². The predicted octanol–water partition coefficient (Wildman–Crippen LogP) is 0.167. The van der Waals surface area contributed by atoms with Crippen LogP contribution in [0.5, 0.6) is 0 Å². The monoisotopic (exact) mass is 307 g/mol. The molecule has 1 aromatic carbocycles. The molecule has 0 aliphatic heterocycles. The van der Waals surface area contributed by atoms with E-state index < -0.39 is 15.9 Å². The molecular weight excluding hydrogens is 294 g/mol. The molecular formula is C13H13N3O4S. The van der Waals surface area contributed by atoms with Crippen LogP contribution in [0.4, 0.5) is 5.69 Å². The molecule has 0 saturated carbocycles. The standard InChI is InChI=1S/C13H13N3O4S/c17-13(15-12-4-2-1-3-5-12)11-6-7-16(14-10-11)8-9-21(18,19)20/h1-7,10H,8-9H2,(H-,15,17,18,19,20). The Bertz CT molecular complexity index is 715. The molecule has 0 bridgehead atoms. The zero-order valence-electron chi connectivity index (χ0n) is 11.0. The van der Waals surface area contributed by atoms with Gasteiger partial charge in [0.05, 0.1) is 11.3 Å². The fraction of sp³-hybridized carbons (Fsp3) is 0.154. The number of aromatic nitrogens is 2. The second-order valence-corrected chi connectivity index (χ2v) is 5.78. The first-order valence-electron chi connectivity index (χ1n) is 6.10. The number of para-hydroxylation sites is 1. The van der Waals surface area contributed by atoms with Crippen LogP contribution in [0, 0.1) is 0 Å². The smallest absolute Gasteiger partial charge is 0.257 e. The molecule has 1 amide bonds. The highest BCUT2D eigenvalue weighted by Crippen LogP contribution is 2.07. The van der Waals surface area contributed by atoms with Crippen LogP contribution in [0.15, 0.2) is 48.8 Å². The summed E-state index contributed by atoms with van der Waals surface area (Å²) < 4.78 is 32.9. The van der Waals surface area contributed by atoms with Gasteiger partial charge in [-0.25, -0.2) is 8.42 Å². The van der Waals surface area contributed by atoms with Crippen molar-refractivity contribution >= 4 is 21.7 Å². The van der Waals surface area contributed by atoms with Crippen molar-refractivity contribution in [3.63, 3.8) is 0 Å². The van der Waals surface area contributed by atoms with Gasteiger partial charge in [-0.05, 0) is 17.2 Å². The Morgan fingerprint density at radius 3 is 2.52 bits per heavy atom. The number of carbonyl (C=O) groups is 1. The maximum atomic E-state index is 11.9. The van der Waals surface area contributed by atoms with Gasteiger partial charge in [0, 0.05) is 11.8 Å². The number of carbonyl (C=O) groups excluding carboxylic acids is 1. The van der Waals surface area contributed by atoms with Crippen LogP contribution in [0.3, 0.4) is 0 Å². The molecule has 8 heteroatoms. The van der Waals surface area contributed by atoms with Crippen LogP contribution in [0.25, 0.3) is 0 Å². The highest BCUT2D eigenvalue weighted by Gasteiger charge is 2.10. The van der Waals surface area contributed by atoms with Crippen LogP contribution >= 0.6 is 0 Å². The van der Waals surface area contributed by atoms with Crippen molar-refractivity contribution in [1.29, 1.82) is 0 Å². The summed E-state index contributed by atoms with van der Waals surface area (Å²) in [6.07, 6.45) is 2.76. The van der Waals surface area contributed by atoms with Gasteiger partial charge in [-0.3, -0.25) is 4.79 Å². The molecule has 1 N–H and O–H groups in total. The Morgan fingerprint density at radius 1 is 1.24 bits per heavy atom. The van der Waals surface area contributed by atoms with Gasteiger partial charge in [-0.15, -0.1) is 0 Å². The Morgan fingerprint density at radius 2 is 1.95 bits per heavy atom. The first-order chi connectivity index (χ1) is 9.94. The van der Waals surface area contributed by atoms with Crippen LogP contribution < -0.4 is 10.00 Å². The van der Waals surface area contributed by atoms with Gasteiger partial charge in [0.25, 0.3) is 5.91 Å². The molecule has 0 aliphatic rings. The number of hydrogen-bond donors (Lipinski definition) is 1. The van der Waals surface area contributed by atoms with Gasteiger partial charge < -0.3 is 9.87 Å². The summed E-state index contributed by atoms with van der Waals surface area (Å²) in [5.41, 5.74) is 0.997. The van der Waals surface area contributed by atoms with Gasteiger partial charge in [0.15, 0.2) is 12.7 Å². The molecule has 2 rings (SSSR count). The van der Waals surface area contributed by atoms with Gasteiger partial charge >= 0.3 is 0 Å². The minimum atomic E-state index is -4.28. The quantitative estimate of drug-likeness (QED) is 0.626. The number of benzene rings is 1. The maximum absolute atomic E-state index is 11.9. The Labute approximate surface area is 122 Å². The molecule has 0 spiro atoms. The molecule has 0 saturated heterocycles. The topological polar surface area (TPSA) is 103 Å². The third-order valence-corrected chi connectivity index (χ3v) is 3.32. The summed E-state index contributed by atoms with van der Waals surface area (Å²) in [6.45, 7) is -0.0492. The van der Waals surface area contributed by atoms with E-state index in [-0.39, 0.29) is 12.5 Å². The van der Waals surface area contributed by atoms with Crippen molar-refractivity contribution in [3.05, 3.63) is 54.4 Å². The molecule has 0 radical (unpaired) electrons. The van der Waals surface area contributed by atoms with E-state index in [0.717, 1.165) is 0 Å². The lowest BCUT2D eigenvalue weighted by atomic mass is 10.2. The highest BCUT2D eigenvalue weighted by molar-refractivity contribution is 7.85. The Hall–Kier alpha value is -2.32. The van der Waals surface area contributed by atoms with E-state index in [9.17, 15) is 17.8 Å². The lowest BCUT2D eigenvalue weighted by Crippen LogP contribution is -2.40. The van der Waals surface area contributed by atoms with Crippen molar-refractivity contribution < 1.29 is 22.4 Å². The molecule has 0 atom stereocenters. The molecule has 2 aromatic rings. The molecule has 1 heterocycles. The summed E-state index contributed by atoms with van der Waals surface area (Å²) in [5, 5.41) is 6.60. The minimum Gasteiger partial charge on any atom is -0.748 e. The number of anilines is 1. The van der Waals surface area contributed by atoms with E-state index in [2.05, 4.69) is 10.4 Å². The lowest BCUT2D eigenvalue weighted by molar-refractivity contribution is -0.750. The number of aryl methyl sites for hydroxylation is 1. The first-order valence-corrected chi connectivity index (χ1v) is 7.67. The fourth-order valence-corrected chi connectivity index (χ4v) is 1.99. The molecule has 0 unspecified atom stereocenters.